The van der Waals surface area contributed by atoms with E-state index in [-0.39, 0.29) is 42.7 Å². The van der Waals surface area contributed by atoms with Gasteiger partial charge in [0.2, 0.25) is 11.8 Å². The van der Waals surface area contributed by atoms with Crippen LogP contribution in [0.15, 0.2) is 84.9 Å². The number of piperazine rings is 1. The number of urea groups is 1. The maximum Gasteiger partial charge on any atom is 0.332 e. The van der Waals surface area contributed by atoms with Crippen molar-refractivity contribution < 1.29 is 19.5 Å². The Morgan fingerprint density at radius 3 is 2.29 bits per heavy atom. The third kappa shape index (κ3) is 6.05. The number of carbonyl (C=O) groups is 3. The molecule has 2 N–H and O–H groups in total. The van der Waals surface area contributed by atoms with Crippen LogP contribution in [-0.4, -0.2) is 74.6 Å². The quantitative estimate of drug-likeness (QED) is 0.417. The Labute approximate surface area is 240 Å². The third-order valence-corrected chi connectivity index (χ3v) is 7.90. The van der Waals surface area contributed by atoms with Gasteiger partial charge in [-0.1, -0.05) is 79.7 Å². The van der Waals surface area contributed by atoms with Crippen molar-refractivity contribution >= 4 is 17.8 Å². The van der Waals surface area contributed by atoms with E-state index in [0.717, 1.165) is 16.7 Å². The van der Waals surface area contributed by atoms with Crippen molar-refractivity contribution in [2.45, 2.75) is 51.5 Å². The van der Waals surface area contributed by atoms with Gasteiger partial charge in [0, 0.05) is 19.5 Å². The first-order valence-electron chi connectivity index (χ1n) is 14.2. The average molecular weight is 556 g/mol. The van der Waals surface area contributed by atoms with Crippen LogP contribution >= 0.6 is 0 Å². The van der Waals surface area contributed by atoms with Crippen LogP contribution in [0.2, 0.25) is 0 Å². The Morgan fingerprint density at radius 2 is 1.63 bits per heavy atom. The standard InChI is InChI=1S/C32H37N5O4/c1-3-18-35(32(41)33-20-25-10-6-4-7-11-25)36-22-30(39)37-28(19-24-14-16-27(38)17-15-24)31(40)34(21-29(36)37)23(2)26-12-8-5-9-13-26/h4-17,23,28-29,38H,3,18-22H2,1-2H3,(H,33,41)/t23-,28-,29+/m0/s1. The van der Waals surface area contributed by atoms with Crippen molar-refractivity contribution in [2.75, 3.05) is 19.6 Å². The molecule has 0 radical (unpaired) electrons. The molecule has 214 valence electrons. The van der Waals surface area contributed by atoms with Gasteiger partial charge in [-0.15, -0.1) is 0 Å². The molecule has 2 heterocycles. The minimum atomic E-state index is -0.738. The van der Waals surface area contributed by atoms with Gasteiger partial charge in [0.05, 0.1) is 19.1 Å². The van der Waals surface area contributed by atoms with Crippen LogP contribution in [0.5, 0.6) is 5.75 Å². The highest BCUT2D eigenvalue weighted by Gasteiger charge is 2.52. The molecule has 3 aromatic carbocycles. The molecule has 9 nitrogen and oxygen atoms in total. The molecule has 3 aromatic rings. The predicted octanol–water partition coefficient (Wildman–Crippen LogP) is 3.91. The van der Waals surface area contributed by atoms with Gasteiger partial charge in [-0.25, -0.2) is 4.79 Å². The number of hydrogen-bond donors (Lipinski definition) is 2. The fourth-order valence-corrected chi connectivity index (χ4v) is 5.75. The van der Waals surface area contributed by atoms with Gasteiger partial charge in [0.25, 0.3) is 0 Å². The molecule has 9 heteroatoms. The van der Waals surface area contributed by atoms with E-state index in [1.807, 2.05) is 84.4 Å². The lowest BCUT2D eigenvalue weighted by Gasteiger charge is -2.48. The average Bonchev–Trinajstić information content (AvgIpc) is 3.32. The molecule has 2 fully saturated rings. The van der Waals surface area contributed by atoms with E-state index in [4.69, 9.17) is 0 Å². The molecule has 0 aliphatic carbocycles. The Hall–Kier alpha value is -4.37. The van der Waals surface area contributed by atoms with Crippen LogP contribution in [0.4, 0.5) is 4.79 Å². The Balaban J connectivity index is 1.45. The first-order valence-corrected chi connectivity index (χ1v) is 14.2. The number of phenolic OH excluding ortho intramolecular Hbond substituents is 1. The summed E-state index contributed by atoms with van der Waals surface area (Å²) in [6, 6.07) is 25.0. The number of nitrogens with one attached hydrogen (secondary N) is 1. The second kappa shape index (κ2) is 12.4. The zero-order valence-corrected chi connectivity index (χ0v) is 23.5. The number of nitrogens with zero attached hydrogens (tertiary/aromatic N) is 4. The van der Waals surface area contributed by atoms with Crippen molar-refractivity contribution in [2.24, 2.45) is 0 Å². The normalized spacial score (nSPS) is 19.7. The highest BCUT2D eigenvalue weighted by Crippen LogP contribution is 2.33. The lowest BCUT2D eigenvalue weighted by atomic mass is 9.97. The summed E-state index contributed by atoms with van der Waals surface area (Å²) in [5.41, 5.74) is 2.82. The van der Waals surface area contributed by atoms with E-state index in [1.54, 1.807) is 34.2 Å². The molecule has 0 unspecified atom stereocenters. The minimum Gasteiger partial charge on any atom is -0.508 e. The molecule has 4 amide bonds. The summed E-state index contributed by atoms with van der Waals surface area (Å²) in [6.45, 7) is 5.08. The number of rotatable bonds is 9. The molecular formula is C32H37N5O4. The molecule has 3 atom stereocenters. The number of benzene rings is 3. The minimum absolute atomic E-state index is 0.0103. The first-order chi connectivity index (χ1) is 19.9. The maximum atomic E-state index is 14.1. The number of fused-ring (bicyclic) bond motifs is 1. The number of phenols is 1. The predicted molar refractivity (Wildman–Crippen MR) is 155 cm³/mol. The fourth-order valence-electron chi connectivity index (χ4n) is 5.75. The Bertz CT molecular complexity index is 1350. The van der Waals surface area contributed by atoms with Gasteiger partial charge in [-0.2, -0.15) is 5.01 Å². The Kier molecular flexibility index (Phi) is 8.54. The van der Waals surface area contributed by atoms with E-state index in [0.29, 0.717) is 25.9 Å². The van der Waals surface area contributed by atoms with Crippen LogP contribution in [0.3, 0.4) is 0 Å². The lowest BCUT2D eigenvalue weighted by Crippen LogP contribution is -2.66. The zero-order valence-electron chi connectivity index (χ0n) is 23.5. The van der Waals surface area contributed by atoms with Gasteiger partial charge in [0.15, 0.2) is 0 Å². The summed E-state index contributed by atoms with van der Waals surface area (Å²) in [4.78, 5) is 44.7. The summed E-state index contributed by atoms with van der Waals surface area (Å²) < 4.78 is 0. The monoisotopic (exact) mass is 555 g/mol. The number of amides is 4. The van der Waals surface area contributed by atoms with Crippen molar-refractivity contribution in [3.63, 3.8) is 0 Å². The van der Waals surface area contributed by atoms with E-state index >= 15 is 0 Å². The molecule has 0 aromatic heterocycles. The second-order valence-electron chi connectivity index (χ2n) is 10.6. The smallest absolute Gasteiger partial charge is 0.332 e. The number of hydrogen-bond acceptors (Lipinski definition) is 5. The van der Waals surface area contributed by atoms with Crippen LogP contribution in [0, 0.1) is 0 Å². The molecular weight excluding hydrogens is 518 g/mol. The van der Waals surface area contributed by atoms with Gasteiger partial charge < -0.3 is 20.2 Å². The fraction of sp³-hybridized carbons (Fsp3) is 0.344. The molecule has 41 heavy (non-hydrogen) atoms. The van der Waals surface area contributed by atoms with Crippen LogP contribution in [0.25, 0.3) is 0 Å². The van der Waals surface area contributed by atoms with Crippen molar-refractivity contribution in [3.05, 3.63) is 102 Å². The largest absolute Gasteiger partial charge is 0.508 e. The molecule has 2 aliphatic heterocycles. The Morgan fingerprint density at radius 1 is 0.976 bits per heavy atom. The summed E-state index contributed by atoms with van der Waals surface area (Å²) >= 11 is 0. The summed E-state index contributed by atoms with van der Waals surface area (Å²) in [6.07, 6.45) is 0.514. The van der Waals surface area contributed by atoms with Crippen LogP contribution in [0.1, 0.15) is 43.0 Å². The summed E-state index contributed by atoms with van der Waals surface area (Å²) in [5, 5.41) is 16.2. The van der Waals surface area contributed by atoms with Gasteiger partial charge >= 0.3 is 6.03 Å². The summed E-state index contributed by atoms with van der Waals surface area (Å²) in [7, 11) is 0. The summed E-state index contributed by atoms with van der Waals surface area (Å²) in [5.74, 6) is -0.173. The highest BCUT2D eigenvalue weighted by atomic mass is 16.3. The molecule has 0 saturated carbocycles. The van der Waals surface area contributed by atoms with Gasteiger partial charge in [-0.05, 0) is 42.2 Å². The van der Waals surface area contributed by atoms with E-state index in [2.05, 4.69) is 5.32 Å². The first kappa shape index (κ1) is 28.2. The van der Waals surface area contributed by atoms with Crippen LogP contribution < -0.4 is 5.32 Å². The van der Waals surface area contributed by atoms with E-state index in [1.165, 1.54) is 0 Å². The molecule has 2 aliphatic rings. The van der Waals surface area contributed by atoms with Crippen molar-refractivity contribution in [3.8, 4) is 5.75 Å². The molecule has 5 rings (SSSR count). The number of hydrazine groups is 1. The van der Waals surface area contributed by atoms with Gasteiger partial charge in [0.1, 0.15) is 18.0 Å². The van der Waals surface area contributed by atoms with E-state index < -0.39 is 12.2 Å². The highest BCUT2D eigenvalue weighted by molar-refractivity contribution is 5.92. The van der Waals surface area contributed by atoms with Crippen LogP contribution in [-0.2, 0) is 22.6 Å². The lowest BCUT2D eigenvalue weighted by molar-refractivity contribution is -0.159. The van der Waals surface area contributed by atoms with E-state index in [9.17, 15) is 19.5 Å². The molecule has 0 spiro atoms. The molecule has 2 saturated heterocycles. The van der Waals surface area contributed by atoms with Gasteiger partial charge in [-0.3, -0.25) is 14.6 Å². The maximum absolute atomic E-state index is 14.1. The third-order valence-electron chi connectivity index (χ3n) is 7.90. The molecule has 0 bridgehead atoms. The second-order valence-corrected chi connectivity index (χ2v) is 10.6. The number of carbonyl (C=O) groups excluding carboxylic acids is 3. The van der Waals surface area contributed by atoms with Crippen molar-refractivity contribution in [1.82, 2.24) is 25.1 Å². The zero-order chi connectivity index (χ0) is 28.9. The topological polar surface area (TPSA) is 96.4 Å². The SMILES string of the molecule is CCCN(C(=O)NCc1ccccc1)N1CC(=O)N2[C@@H](Cc3ccc(O)cc3)C(=O)N([C@@H](C)c3ccccc3)C[C@@H]21. The van der Waals surface area contributed by atoms with Crippen molar-refractivity contribution in [1.29, 1.82) is 0 Å². The number of aromatic hydroxyl groups is 1.